The number of benzene rings is 1. The first-order valence-electron chi connectivity index (χ1n) is 5.78. The third kappa shape index (κ3) is 4.77. The molecule has 0 saturated heterocycles. The van der Waals surface area contributed by atoms with Crippen molar-refractivity contribution in [1.29, 1.82) is 0 Å². The highest BCUT2D eigenvalue weighted by molar-refractivity contribution is 7.99. The van der Waals surface area contributed by atoms with Crippen molar-refractivity contribution < 1.29 is 0 Å². The zero-order chi connectivity index (χ0) is 12.0. The Kier molecular flexibility index (Phi) is 6.25. The summed E-state index contributed by atoms with van der Waals surface area (Å²) in [5.41, 5.74) is 1.34. The SMILES string of the molecule is CCCSc1cc(Cl)ccc1CNC(C)C. The number of rotatable bonds is 6. The molecule has 0 saturated carbocycles. The first kappa shape index (κ1) is 13.9. The van der Waals surface area contributed by atoms with E-state index in [1.807, 2.05) is 17.8 Å². The van der Waals surface area contributed by atoms with Crippen LogP contribution in [0, 0.1) is 0 Å². The first-order valence-corrected chi connectivity index (χ1v) is 7.14. The molecule has 1 rings (SSSR count). The predicted octanol–water partition coefficient (Wildman–Crippen LogP) is 4.34. The highest BCUT2D eigenvalue weighted by Crippen LogP contribution is 2.26. The molecule has 0 bridgehead atoms. The van der Waals surface area contributed by atoms with Crippen molar-refractivity contribution in [3.05, 3.63) is 28.8 Å². The van der Waals surface area contributed by atoms with Crippen LogP contribution in [0.25, 0.3) is 0 Å². The molecule has 0 unspecified atom stereocenters. The van der Waals surface area contributed by atoms with Gasteiger partial charge < -0.3 is 5.32 Å². The summed E-state index contributed by atoms with van der Waals surface area (Å²) in [6.45, 7) is 7.44. The molecule has 0 aliphatic heterocycles. The van der Waals surface area contributed by atoms with Crippen LogP contribution < -0.4 is 5.32 Å². The number of hydrogen-bond acceptors (Lipinski definition) is 2. The molecule has 1 aromatic rings. The largest absolute Gasteiger partial charge is 0.310 e. The van der Waals surface area contributed by atoms with Crippen LogP contribution in [-0.2, 0) is 6.54 Å². The summed E-state index contributed by atoms with van der Waals surface area (Å²) in [6, 6.07) is 6.67. The van der Waals surface area contributed by atoms with Gasteiger partial charge in [0.1, 0.15) is 0 Å². The molecule has 3 heteroatoms. The van der Waals surface area contributed by atoms with E-state index in [0.29, 0.717) is 6.04 Å². The van der Waals surface area contributed by atoms with Crippen molar-refractivity contribution >= 4 is 23.4 Å². The number of thioether (sulfide) groups is 1. The molecule has 0 atom stereocenters. The Labute approximate surface area is 108 Å². The van der Waals surface area contributed by atoms with Crippen molar-refractivity contribution in [3.63, 3.8) is 0 Å². The van der Waals surface area contributed by atoms with Gasteiger partial charge in [0.2, 0.25) is 0 Å². The molecule has 0 aliphatic rings. The lowest BCUT2D eigenvalue weighted by atomic mass is 10.2. The maximum Gasteiger partial charge on any atom is 0.0417 e. The topological polar surface area (TPSA) is 12.0 Å². The Bertz CT molecular complexity index is 326. The Morgan fingerprint density at radius 3 is 2.75 bits per heavy atom. The van der Waals surface area contributed by atoms with Gasteiger partial charge in [-0.15, -0.1) is 11.8 Å². The normalized spacial score (nSPS) is 11.1. The van der Waals surface area contributed by atoms with Crippen LogP contribution in [0.5, 0.6) is 0 Å². The van der Waals surface area contributed by atoms with Crippen LogP contribution in [0.2, 0.25) is 5.02 Å². The van der Waals surface area contributed by atoms with Gasteiger partial charge in [0, 0.05) is 22.5 Å². The van der Waals surface area contributed by atoms with E-state index >= 15 is 0 Å². The highest BCUT2D eigenvalue weighted by Gasteiger charge is 2.04. The fourth-order valence-electron chi connectivity index (χ4n) is 1.33. The standard InChI is InChI=1S/C13H20ClNS/c1-4-7-16-13-8-12(14)6-5-11(13)9-15-10(2)3/h5-6,8,10,15H,4,7,9H2,1-3H3. The van der Waals surface area contributed by atoms with E-state index in [9.17, 15) is 0 Å². The quantitative estimate of drug-likeness (QED) is 0.761. The zero-order valence-electron chi connectivity index (χ0n) is 10.2. The van der Waals surface area contributed by atoms with E-state index in [1.165, 1.54) is 16.9 Å². The molecule has 0 aliphatic carbocycles. The Balaban J connectivity index is 2.72. The van der Waals surface area contributed by atoms with Crippen molar-refractivity contribution in [1.82, 2.24) is 5.32 Å². The number of nitrogens with one attached hydrogen (secondary N) is 1. The third-order valence-corrected chi connectivity index (χ3v) is 3.73. The average Bonchev–Trinajstić information content (AvgIpc) is 2.24. The molecular formula is C13H20ClNS. The van der Waals surface area contributed by atoms with Crippen molar-refractivity contribution in [2.24, 2.45) is 0 Å². The molecule has 1 aromatic carbocycles. The zero-order valence-corrected chi connectivity index (χ0v) is 11.8. The smallest absolute Gasteiger partial charge is 0.0417 e. The van der Waals surface area contributed by atoms with Gasteiger partial charge in [0.05, 0.1) is 0 Å². The summed E-state index contributed by atoms with van der Waals surface area (Å²) < 4.78 is 0. The lowest BCUT2D eigenvalue weighted by Crippen LogP contribution is -2.22. The Morgan fingerprint density at radius 1 is 1.38 bits per heavy atom. The second-order valence-electron chi connectivity index (χ2n) is 4.14. The summed E-state index contributed by atoms with van der Waals surface area (Å²) in [5.74, 6) is 1.15. The monoisotopic (exact) mass is 257 g/mol. The number of hydrogen-bond donors (Lipinski definition) is 1. The van der Waals surface area contributed by atoms with Crippen molar-refractivity contribution in [2.45, 2.75) is 44.7 Å². The van der Waals surface area contributed by atoms with E-state index in [0.717, 1.165) is 17.3 Å². The Morgan fingerprint density at radius 2 is 2.12 bits per heavy atom. The van der Waals surface area contributed by atoms with Crippen LogP contribution in [0.4, 0.5) is 0 Å². The summed E-state index contributed by atoms with van der Waals surface area (Å²) in [6.07, 6.45) is 1.19. The maximum atomic E-state index is 6.02. The van der Waals surface area contributed by atoms with E-state index < -0.39 is 0 Å². The predicted molar refractivity (Wildman–Crippen MR) is 74.4 cm³/mol. The summed E-state index contributed by atoms with van der Waals surface area (Å²) in [5, 5.41) is 4.27. The summed E-state index contributed by atoms with van der Waals surface area (Å²) in [7, 11) is 0. The van der Waals surface area contributed by atoms with E-state index in [1.54, 1.807) is 0 Å². The highest BCUT2D eigenvalue weighted by atomic mass is 35.5. The van der Waals surface area contributed by atoms with Gasteiger partial charge in [-0.25, -0.2) is 0 Å². The van der Waals surface area contributed by atoms with E-state index in [2.05, 4.69) is 38.2 Å². The molecule has 1 nitrogen and oxygen atoms in total. The van der Waals surface area contributed by atoms with Crippen LogP contribution in [0.3, 0.4) is 0 Å². The van der Waals surface area contributed by atoms with E-state index in [4.69, 9.17) is 11.6 Å². The van der Waals surface area contributed by atoms with Gasteiger partial charge >= 0.3 is 0 Å². The van der Waals surface area contributed by atoms with Gasteiger partial charge in [-0.05, 0) is 29.9 Å². The molecule has 0 fully saturated rings. The van der Waals surface area contributed by atoms with Gasteiger partial charge in [-0.2, -0.15) is 0 Å². The summed E-state index contributed by atoms with van der Waals surface area (Å²) in [4.78, 5) is 1.31. The minimum absolute atomic E-state index is 0.514. The third-order valence-electron chi connectivity index (χ3n) is 2.19. The lowest BCUT2D eigenvalue weighted by molar-refractivity contribution is 0.585. The molecule has 0 heterocycles. The van der Waals surface area contributed by atoms with Crippen LogP contribution in [0.15, 0.2) is 23.1 Å². The van der Waals surface area contributed by atoms with Gasteiger partial charge in [-0.3, -0.25) is 0 Å². The minimum Gasteiger partial charge on any atom is -0.310 e. The summed E-state index contributed by atoms with van der Waals surface area (Å²) >= 11 is 7.91. The van der Waals surface area contributed by atoms with Gasteiger partial charge in [-0.1, -0.05) is 38.4 Å². The molecule has 1 N–H and O–H groups in total. The van der Waals surface area contributed by atoms with Crippen molar-refractivity contribution in [2.75, 3.05) is 5.75 Å². The molecule has 16 heavy (non-hydrogen) atoms. The molecular weight excluding hydrogens is 238 g/mol. The molecule has 0 amide bonds. The fraction of sp³-hybridized carbons (Fsp3) is 0.538. The second-order valence-corrected chi connectivity index (χ2v) is 5.71. The van der Waals surface area contributed by atoms with Crippen LogP contribution in [0.1, 0.15) is 32.8 Å². The van der Waals surface area contributed by atoms with Gasteiger partial charge in [0.25, 0.3) is 0 Å². The second kappa shape index (κ2) is 7.21. The molecule has 0 spiro atoms. The molecule has 0 radical (unpaired) electrons. The van der Waals surface area contributed by atoms with Gasteiger partial charge in [0.15, 0.2) is 0 Å². The van der Waals surface area contributed by atoms with Crippen molar-refractivity contribution in [3.8, 4) is 0 Å². The number of halogens is 1. The van der Waals surface area contributed by atoms with Crippen LogP contribution >= 0.6 is 23.4 Å². The Hall–Kier alpha value is -0.180. The van der Waals surface area contributed by atoms with Crippen LogP contribution in [-0.4, -0.2) is 11.8 Å². The first-order chi connectivity index (χ1) is 7.63. The van der Waals surface area contributed by atoms with E-state index in [-0.39, 0.29) is 0 Å². The average molecular weight is 258 g/mol. The molecule has 90 valence electrons. The fourth-order valence-corrected chi connectivity index (χ4v) is 2.53. The minimum atomic E-state index is 0.514. The maximum absolute atomic E-state index is 6.02. The molecule has 0 aromatic heterocycles. The lowest BCUT2D eigenvalue weighted by Gasteiger charge is -2.12.